The first-order chi connectivity index (χ1) is 19.8. The van der Waals surface area contributed by atoms with E-state index in [4.69, 9.17) is 18.9 Å². The summed E-state index contributed by atoms with van der Waals surface area (Å²) in [5, 5.41) is 83.5. The standard InChI is InChI=1S/C24H33N7O10/c1-11-15(9-32)39-24(19(36)17(11)34)41-21-16(10-33)40-23(20(37)18(21)35)38-7-6-31-8-14(25-30-31)12-2-4-13(5-3-12)22-26-28-29-27-22/h2-5,8,11,15-21,23-24,32-37H,6-7,9-10H2,1H3,(H,26,27,28,29)/t11-,15?,16?,17?,18?,19+,20+,21-,23-,24-/m0/s1. The van der Waals surface area contributed by atoms with Crippen molar-refractivity contribution < 1.29 is 49.6 Å². The Kier molecular flexibility index (Phi) is 9.29. The van der Waals surface area contributed by atoms with Crippen molar-refractivity contribution in [3.63, 3.8) is 0 Å². The Labute approximate surface area is 233 Å². The summed E-state index contributed by atoms with van der Waals surface area (Å²) in [5.41, 5.74) is 2.22. The van der Waals surface area contributed by atoms with Crippen LogP contribution in [0.3, 0.4) is 0 Å². The lowest BCUT2D eigenvalue weighted by atomic mass is 9.91. The van der Waals surface area contributed by atoms with Crippen LogP contribution in [0.5, 0.6) is 0 Å². The minimum absolute atomic E-state index is 0.0183. The monoisotopic (exact) mass is 579 g/mol. The van der Waals surface area contributed by atoms with Gasteiger partial charge in [-0.3, -0.25) is 0 Å². The number of aliphatic hydroxyl groups excluding tert-OH is 6. The topological polar surface area (TPSA) is 243 Å². The molecular formula is C24H33N7O10. The van der Waals surface area contributed by atoms with Crippen LogP contribution in [-0.2, 0) is 25.5 Å². The predicted octanol–water partition coefficient (Wildman–Crippen LogP) is -2.96. The van der Waals surface area contributed by atoms with E-state index in [1.165, 1.54) is 4.68 Å². The summed E-state index contributed by atoms with van der Waals surface area (Å²) in [5.74, 6) is -0.108. The number of nitrogens with one attached hydrogen (secondary N) is 1. The Morgan fingerprint density at radius 2 is 1.56 bits per heavy atom. The summed E-state index contributed by atoms with van der Waals surface area (Å²) in [7, 11) is 0. The van der Waals surface area contributed by atoms with Crippen molar-refractivity contribution in [2.45, 2.75) is 68.8 Å². The SMILES string of the molecule is C[C@H]1C(CO)O[C@@H](O[C@H]2C(CO)O[C@H](OCCn3cc(-c4ccc(-c5nn[nH]n5)cc4)nn3)[C@H](O)C2O)[C@H](O)C1O. The van der Waals surface area contributed by atoms with Crippen LogP contribution >= 0.6 is 0 Å². The summed E-state index contributed by atoms with van der Waals surface area (Å²) in [6.07, 6.45) is -10.3. The summed E-state index contributed by atoms with van der Waals surface area (Å²) < 4.78 is 24.0. The lowest BCUT2D eigenvalue weighted by Crippen LogP contribution is -2.63. The largest absolute Gasteiger partial charge is 0.394 e. The third-order valence-electron chi connectivity index (χ3n) is 7.28. The average Bonchev–Trinajstić information content (AvgIpc) is 3.70. The molecule has 17 nitrogen and oxygen atoms in total. The zero-order valence-electron chi connectivity index (χ0n) is 22.0. The summed E-state index contributed by atoms with van der Waals surface area (Å²) in [6, 6.07) is 7.36. The molecule has 224 valence electrons. The number of aliphatic hydroxyl groups is 6. The van der Waals surface area contributed by atoms with Crippen LogP contribution < -0.4 is 0 Å². The Morgan fingerprint density at radius 3 is 2.24 bits per heavy atom. The van der Waals surface area contributed by atoms with E-state index in [-0.39, 0.29) is 13.2 Å². The molecular weight excluding hydrogens is 546 g/mol. The number of aromatic nitrogens is 7. The maximum absolute atomic E-state index is 10.8. The average molecular weight is 580 g/mol. The highest BCUT2D eigenvalue weighted by molar-refractivity contribution is 5.64. The number of nitrogens with zero attached hydrogens (tertiary/aromatic N) is 6. The van der Waals surface area contributed by atoms with Gasteiger partial charge in [0.25, 0.3) is 0 Å². The number of rotatable bonds is 10. The Hall–Kier alpha value is -2.97. The van der Waals surface area contributed by atoms with Gasteiger partial charge in [0.2, 0.25) is 5.82 Å². The fourth-order valence-electron chi connectivity index (χ4n) is 4.78. The Balaban J connectivity index is 1.15. The van der Waals surface area contributed by atoms with Crippen LogP contribution in [0.2, 0.25) is 0 Å². The molecule has 4 heterocycles. The number of H-pyrrole nitrogens is 1. The zero-order chi connectivity index (χ0) is 29.1. The first kappa shape index (κ1) is 29.5. The van der Waals surface area contributed by atoms with Crippen LogP contribution in [0.15, 0.2) is 30.5 Å². The molecule has 0 spiro atoms. The normalized spacial score (nSPS) is 34.1. The number of benzene rings is 1. The number of hydrogen-bond acceptors (Lipinski definition) is 15. The lowest BCUT2D eigenvalue weighted by molar-refractivity contribution is -0.355. The van der Waals surface area contributed by atoms with Crippen molar-refractivity contribution in [3.05, 3.63) is 30.5 Å². The van der Waals surface area contributed by atoms with Gasteiger partial charge < -0.3 is 49.6 Å². The number of ether oxygens (including phenoxy) is 4. The second kappa shape index (κ2) is 12.9. The number of hydrogen-bond donors (Lipinski definition) is 7. The minimum Gasteiger partial charge on any atom is -0.394 e. The van der Waals surface area contributed by atoms with Gasteiger partial charge in [-0.1, -0.05) is 36.4 Å². The van der Waals surface area contributed by atoms with Crippen LogP contribution in [-0.4, -0.2) is 141 Å². The highest BCUT2D eigenvalue weighted by atomic mass is 16.7. The molecule has 0 radical (unpaired) electrons. The third kappa shape index (κ3) is 6.28. The molecule has 2 aliphatic rings. The molecule has 2 fully saturated rings. The molecule has 3 aromatic rings. The van der Waals surface area contributed by atoms with Gasteiger partial charge in [-0.15, -0.1) is 15.3 Å². The molecule has 2 aromatic heterocycles. The Morgan fingerprint density at radius 1 is 0.878 bits per heavy atom. The zero-order valence-corrected chi connectivity index (χ0v) is 22.0. The van der Waals surface area contributed by atoms with Crippen molar-refractivity contribution >= 4 is 0 Å². The van der Waals surface area contributed by atoms with Crippen LogP contribution in [0.1, 0.15) is 6.92 Å². The molecule has 4 unspecified atom stereocenters. The third-order valence-corrected chi connectivity index (χ3v) is 7.28. The van der Waals surface area contributed by atoms with E-state index < -0.39 is 74.4 Å². The minimum atomic E-state index is -1.60. The summed E-state index contributed by atoms with van der Waals surface area (Å²) >= 11 is 0. The smallest absolute Gasteiger partial charge is 0.204 e. The maximum atomic E-state index is 10.8. The van der Waals surface area contributed by atoms with E-state index in [0.29, 0.717) is 11.5 Å². The number of tetrazole rings is 1. The highest BCUT2D eigenvalue weighted by Crippen LogP contribution is 2.31. The van der Waals surface area contributed by atoms with Gasteiger partial charge in [0.05, 0.1) is 44.8 Å². The van der Waals surface area contributed by atoms with Crippen LogP contribution in [0.4, 0.5) is 0 Å². The molecule has 2 saturated heterocycles. The van der Waals surface area contributed by atoms with Crippen molar-refractivity contribution in [3.8, 4) is 22.6 Å². The molecule has 2 aliphatic heterocycles. The molecule has 10 atom stereocenters. The van der Waals surface area contributed by atoms with Crippen LogP contribution in [0.25, 0.3) is 22.6 Å². The van der Waals surface area contributed by atoms with Crippen LogP contribution in [0, 0.1) is 5.92 Å². The first-order valence-electron chi connectivity index (χ1n) is 13.1. The summed E-state index contributed by atoms with van der Waals surface area (Å²) in [6.45, 7) is 0.808. The van der Waals surface area contributed by atoms with E-state index in [1.807, 2.05) is 24.3 Å². The van der Waals surface area contributed by atoms with E-state index in [1.54, 1.807) is 13.1 Å². The molecule has 0 aliphatic carbocycles. The molecule has 0 bridgehead atoms. The first-order valence-corrected chi connectivity index (χ1v) is 13.1. The van der Waals surface area contributed by atoms with Gasteiger partial charge >= 0.3 is 0 Å². The second-order valence-electron chi connectivity index (χ2n) is 9.92. The van der Waals surface area contributed by atoms with E-state index in [9.17, 15) is 30.6 Å². The number of aromatic amines is 1. The molecule has 17 heteroatoms. The van der Waals surface area contributed by atoms with Gasteiger partial charge in [0, 0.05) is 17.0 Å². The fraction of sp³-hybridized carbons (Fsp3) is 0.625. The van der Waals surface area contributed by atoms with Gasteiger partial charge in [0.15, 0.2) is 12.6 Å². The second-order valence-corrected chi connectivity index (χ2v) is 9.92. The van der Waals surface area contributed by atoms with Gasteiger partial charge in [0.1, 0.15) is 36.2 Å². The van der Waals surface area contributed by atoms with Crippen molar-refractivity contribution in [1.82, 2.24) is 35.6 Å². The lowest BCUT2D eigenvalue weighted by Gasteiger charge is -2.46. The molecule has 5 rings (SSSR count). The molecule has 0 saturated carbocycles. The molecule has 7 N–H and O–H groups in total. The quantitative estimate of drug-likeness (QED) is 0.127. The molecule has 0 amide bonds. The fourth-order valence-corrected chi connectivity index (χ4v) is 4.78. The maximum Gasteiger partial charge on any atom is 0.204 e. The Bertz CT molecular complexity index is 1230. The molecule has 1 aromatic carbocycles. The van der Waals surface area contributed by atoms with E-state index >= 15 is 0 Å². The summed E-state index contributed by atoms with van der Waals surface area (Å²) in [4.78, 5) is 0. The van der Waals surface area contributed by atoms with Crippen molar-refractivity contribution in [2.75, 3.05) is 19.8 Å². The van der Waals surface area contributed by atoms with Gasteiger partial charge in [-0.2, -0.15) is 5.21 Å². The van der Waals surface area contributed by atoms with Gasteiger partial charge in [-0.25, -0.2) is 4.68 Å². The van der Waals surface area contributed by atoms with Crippen molar-refractivity contribution in [1.29, 1.82) is 0 Å². The molecule has 41 heavy (non-hydrogen) atoms. The predicted molar refractivity (Wildman–Crippen MR) is 134 cm³/mol. The van der Waals surface area contributed by atoms with E-state index in [0.717, 1.165) is 11.1 Å². The highest BCUT2D eigenvalue weighted by Gasteiger charge is 2.50. The van der Waals surface area contributed by atoms with Crippen molar-refractivity contribution in [2.24, 2.45) is 5.92 Å². The van der Waals surface area contributed by atoms with Gasteiger partial charge in [-0.05, 0) is 5.21 Å². The van der Waals surface area contributed by atoms with E-state index in [2.05, 4.69) is 30.9 Å².